The predicted molar refractivity (Wildman–Crippen MR) is 116 cm³/mol. The Morgan fingerprint density at radius 2 is 1.90 bits per heavy atom. The van der Waals surface area contributed by atoms with Crippen molar-refractivity contribution >= 4 is 40.9 Å². The minimum Gasteiger partial charge on any atom is -0.352 e. The molecule has 29 heavy (non-hydrogen) atoms. The number of anilines is 1. The summed E-state index contributed by atoms with van der Waals surface area (Å²) >= 11 is 7.48. The summed E-state index contributed by atoms with van der Waals surface area (Å²) in [5.41, 5.74) is 1.60. The number of halogens is 1. The summed E-state index contributed by atoms with van der Waals surface area (Å²) in [6.07, 6.45) is 3.79. The van der Waals surface area contributed by atoms with Crippen LogP contribution in [0.5, 0.6) is 0 Å². The lowest BCUT2D eigenvalue weighted by molar-refractivity contribution is -0.121. The van der Waals surface area contributed by atoms with Crippen LogP contribution in [0.4, 0.5) is 5.69 Å². The van der Waals surface area contributed by atoms with Crippen LogP contribution in [0.1, 0.15) is 12.0 Å². The third kappa shape index (κ3) is 7.29. The van der Waals surface area contributed by atoms with Crippen LogP contribution in [0.2, 0.25) is 5.02 Å². The second kappa shape index (κ2) is 10.7. The minimum absolute atomic E-state index is 0.0143. The molecule has 0 aliphatic heterocycles. The molecule has 0 aliphatic rings. The molecule has 2 N–H and O–H groups in total. The van der Waals surface area contributed by atoms with E-state index in [0.29, 0.717) is 29.4 Å². The van der Waals surface area contributed by atoms with Gasteiger partial charge in [0.05, 0.1) is 0 Å². The van der Waals surface area contributed by atoms with E-state index in [1.807, 2.05) is 48.5 Å². The van der Waals surface area contributed by atoms with Gasteiger partial charge in [-0.15, -0.1) is 11.8 Å². The fraction of sp³-hybridized carbons (Fsp3) is 0.190. The maximum absolute atomic E-state index is 12.1. The van der Waals surface area contributed by atoms with Crippen molar-refractivity contribution in [3.63, 3.8) is 0 Å². The molecule has 2 aromatic carbocycles. The first-order valence-corrected chi connectivity index (χ1v) is 10.5. The van der Waals surface area contributed by atoms with E-state index >= 15 is 0 Å². The number of rotatable bonds is 9. The molecule has 0 radical (unpaired) electrons. The van der Waals surface area contributed by atoms with E-state index in [9.17, 15) is 9.59 Å². The summed E-state index contributed by atoms with van der Waals surface area (Å²) in [4.78, 5) is 25.2. The quantitative estimate of drug-likeness (QED) is 0.505. The number of amides is 2. The Labute approximate surface area is 178 Å². The zero-order valence-corrected chi connectivity index (χ0v) is 17.2. The summed E-state index contributed by atoms with van der Waals surface area (Å²) in [6.45, 7) is 0.562. The molecule has 1 heterocycles. The second-order valence-electron chi connectivity index (χ2n) is 6.28. The van der Waals surface area contributed by atoms with Crippen LogP contribution < -0.4 is 10.6 Å². The Bertz CT molecular complexity index is 946. The average molecular weight is 429 g/mol. The number of nitrogens with zero attached hydrogens (tertiary/aromatic N) is 2. The highest BCUT2D eigenvalue weighted by Crippen LogP contribution is 2.20. The molecular formula is C21H21ClN4O2S. The second-order valence-corrected chi connectivity index (χ2v) is 7.89. The lowest BCUT2D eigenvalue weighted by atomic mass is 10.2. The van der Waals surface area contributed by atoms with E-state index in [1.165, 1.54) is 0 Å². The van der Waals surface area contributed by atoms with Crippen LogP contribution in [-0.4, -0.2) is 27.3 Å². The van der Waals surface area contributed by atoms with Crippen molar-refractivity contribution in [3.05, 3.63) is 77.6 Å². The highest BCUT2D eigenvalue weighted by molar-refractivity contribution is 7.99. The van der Waals surface area contributed by atoms with Crippen LogP contribution in [0.15, 0.2) is 71.9 Å². The number of carbonyl (C=O) groups excluding carboxylic acids is 2. The van der Waals surface area contributed by atoms with Gasteiger partial charge in [0.25, 0.3) is 0 Å². The third-order valence-electron chi connectivity index (χ3n) is 3.98. The fourth-order valence-corrected chi connectivity index (χ4v) is 3.56. The molecule has 2 amide bonds. The Morgan fingerprint density at radius 3 is 2.66 bits per heavy atom. The maximum atomic E-state index is 12.1. The molecule has 0 bridgehead atoms. The van der Waals surface area contributed by atoms with Crippen molar-refractivity contribution in [1.82, 2.24) is 15.1 Å². The molecule has 1 aromatic heterocycles. The summed E-state index contributed by atoms with van der Waals surface area (Å²) in [5, 5.41) is 10.5. The highest BCUT2D eigenvalue weighted by Gasteiger charge is 2.06. The van der Waals surface area contributed by atoms with E-state index in [2.05, 4.69) is 15.7 Å². The van der Waals surface area contributed by atoms with Crippen LogP contribution in [0.25, 0.3) is 0 Å². The summed E-state index contributed by atoms with van der Waals surface area (Å²) in [5.74, 6) is 0.519. The van der Waals surface area contributed by atoms with Crippen molar-refractivity contribution in [2.24, 2.45) is 0 Å². The number of aromatic nitrogens is 2. The van der Waals surface area contributed by atoms with Gasteiger partial charge in [-0.2, -0.15) is 5.10 Å². The molecule has 6 nitrogen and oxygen atoms in total. The molecule has 0 spiro atoms. The Morgan fingerprint density at radius 1 is 1.07 bits per heavy atom. The van der Waals surface area contributed by atoms with Gasteiger partial charge in [0.15, 0.2) is 0 Å². The first-order valence-electron chi connectivity index (χ1n) is 9.10. The van der Waals surface area contributed by atoms with Crippen LogP contribution in [-0.2, 0) is 22.7 Å². The maximum Gasteiger partial charge on any atom is 0.246 e. The molecule has 0 fully saturated rings. The van der Waals surface area contributed by atoms with E-state index < -0.39 is 0 Å². The van der Waals surface area contributed by atoms with E-state index in [1.54, 1.807) is 34.9 Å². The summed E-state index contributed by atoms with van der Waals surface area (Å²) in [6, 6.07) is 16.8. The van der Waals surface area contributed by atoms with Gasteiger partial charge in [-0.1, -0.05) is 23.7 Å². The Kier molecular flexibility index (Phi) is 7.72. The van der Waals surface area contributed by atoms with Crippen molar-refractivity contribution < 1.29 is 9.59 Å². The molecule has 0 saturated heterocycles. The molecule has 8 heteroatoms. The lowest BCUT2D eigenvalue weighted by Gasteiger charge is -2.09. The van der Waals surface area contributed by atoms with Gasteiger partial charge in [-0.25, -0.2) is 0 Å². The first-order chi connectivity index (χ1) is 14.1. The zero-order chi connectivity index (χ0) is 20.5. The number of carbonyl (C=O) groups is 2. The van der Waals surface area contributed by atoms with Gasteiger partial charge in [0.1, 0.15) is 6.54 Å². The van der Waals surface area contributed by atoms with Gasteiger partial charge in [-0.3, -0.25) is 14.3 Å². The van der Waals surface area contributed by atoms with Crippen molar-refractivity contribution in [1.29, 1.82) is 0 Å². The molecule has 150 valence electrons. The number of benzene rings is 2. The largest absolute Gasteiger partial charge is 0.352 e. The molecule has 0 aliphatic carbocycles. The topological polar surface area (TPSA) is 76.0 Å². The average Bonchev–Trinajstić information content (AvgIpc) is 3.21. The van der Waals surface area contributed by atoms with E-state index in [4.69, 9.17) is 11.6 Å². The predicted octanol–water partition coefficient (Wildman–Crippen LogP) is 3.97. The standard InChI is InChI=1S/C21H21ClN4O2S/c22-17-5-7-19(8-6-17)29-12-9-20(27)23-14-16-3-1-4-18(13-16)25-21(28)15-26-11-2-10-24-26/h1-8,10-11,13H,9,12,14-15H2,(H,23,27)(H,25,28). The van der Waals surface area contributed by atoms with Gasteiger partial charge in [0, 0.05) is 46.7 Å². The van der Waals surface area contributed by atoms with Crippen molar-refractivity contribution in [2.75, 3.05) is 11.1 Å². The number of thioether (sulfide) groups is 1. The Hall–Kier alpha value is -2.77. The first kappa shape index (κ1) is 21.0. The summed E-state index contributed by atoms with van der Waals surface area (Å²) < 4.78 is 1.56. The van der Waals surface area contributed by atoms with Crippen molar-refractivity contribution in [2.45, 2.75) is 24.4 Å². The molecule has 3 aromatic rings. The number of hydrogen-bond donors (Lipinski definition) is 2. The third-order valence-corrected chi connectivity index (χ3v) is 5.24. The molecule has 0 saturated carbocycles. The zero-order valence-electron chi connectivity index (χ0n) is 15.7. The molecule has 0 atom stereocenters. The van der Waals surface area contributed by atoms with Crippen molar-refractivity contribution in [3.8, 4) is 0 Å². The van der Waals surface area contributed by atoms with Crippen LogP contribution in [0.3, 0.4) is 0 Å². The SMILES string of the molecule is O=C(CCSc1ccc(Cl)cc1)NCc1cccc(NC(=O)Cn2cccn2)c1. The smallest absolute Gasteiger partial charge is 0.246 e. The Balaban J connectivity index is 1.40. The highest BCUT2D eigenvalue weighted by atomic mass is 35.5. The molecule has 3 rings (SSSR count). The number of hydrogen-bond acceptors (Lipinski definition) is 4. The number of nitrogens with one attached hydrogen (secondary N) is 2. The van der Waals surface area contributed by atoms with Gasteiger partial charge in [0.2, 0.25) is 11.8 Å². The van der Waals surface area contributed by atoms with Gasteiger partial charge in [-0.05, 0) is 48.0 Å². The van der Waals surface area contributed by atoms with Gasteiger partial charge >= 0.3 is 0 Å². The fourth-order valence-electron chi connectivity index (χ4n) is 2.58. The van der Waals surface area contributed by atoms with E-state index in [-0.39, 0.29) is 18.4 Å². The van der Waals surface area contributed by atoms with Crippen LogP contribution in [0, 0.1) is 0 Å². The van der Waals surface area contributed by atoms with Gasteiger partial charge < -0.3 is 10.6 Å². The lowest BCUT2D eigenvalue weighted by Crippen LogP contribution is -2.23. The summed E-state index contributed by atoms with van der Waals surface area (Å²) in [7, 11) is 0. The van der Waals surface area contributed by atoms with E-state index in [0.717, 1.165) is 10.5 Å². The minimum atomic E-state index is -0.158. The normalized spacial score (nSPS) is 10.5. The molecule has 0 unspecified atom stereocenters. The monoisotopic (exact) mass is 428 g/mol. The van der Waals surface area contributed by atoms with Crippen LogP contribution >= 0.6 is 23.4 Å². The molecular weight excluding hydrogens is 408 g/mol.